The van der Waals surface area contributed by atoms with Crippen LogP contribution in [0.25, 0.3) is 28.4 Å². The van der Waals surface area contributed by atoms with Crippen LogP contribution < -0.4 is 4.74 Å². The summed E-state index contributed by atoms with van der Waals surface area (Å²) in [6, 6.07) is 16.2. The molecule has 0 aliphatic rings. The second-order valence-electron chi connectivity index (χ2n) is 8.50. The fraction of sp³-hybridized carbons (Fsp3) is 0.269. The number of rotatable bonds is 7. The maximum atomic E-state index is 5.54. The van der Waals surface area contributed by atoms with E-state index in [1.807, 2.05) is 30.3 Å². The summed E-state index contributed by atoms with van der Waals surface area (Å²) in [6.45, 7) is 6.64. The largest absolute Gasteiger partial charge is 0.479 e. The van der Waals surface area contributed by atoms with Crippen molar-refractivity contribution in [2.24, 2.45) is 5.41 Å². The highest BCUT2D eigenvalue weighted by atomic mass is 32.1. The third kappa shape index (κ3) is 5.17. The van der Waals surface area contributed by atoms with Crippen LogP contribution in [0.15, 0.2) is 60.0 Å². The zero-order valence-corrected chi connectivity index (χ0v) is 19.2. The van der Waals surface area contributed by atoms with Crippen LogP contribution in [-0.4, -0.2) is 22.1 Å². The molecule has 0 saturated heterocycles. The second kappa shape index (κ2) is 8.98. The predicted molar refractivity (Wildman–Crippen MR) is 130 cm³/mol. The Morgan fingerprint density at radius 1 is 1.00 bits per heavy atom. The number of fused-ring (bicyclic) bond motifs is 1. The lowest BCUT2D eigenvalue weighted by molar-refractivity contribution is 0.366. The quantitative estimate of drug-likeness (QED) is 0.326. The average Bonchev–Trinajstić information content (AvgIpc) is 3.16. The van der Waals surface area contributed by atoms with Gasteiger partial charge < -0.3 is 4.74 Å². The minimum Gasteiger partial charge on any atom is -0.479 e. The molecule has 0 atom stereocenters. The molecule has 0 spiro atoms. The molecular formula is C26H27N3OS. The highest BCUT2D eigenvalue weighted by Crippen LogP contribution is 2.30. The number of aromatic nitrogens is 3. The van der Waals surface area contributed by atoms with Gasteiger partial charge in [-0.25, -0.2) is 15.0 Å². The van der Waals surface area contributed by atoms with Gasteiger partial charge in [0.05, 0.1) is 28.8 Å². The average molecular weight is 430 g/mol. The minimum absolute atomic E-state index is 0.154. The van der Waals surface area contributed by atoms with E-state index in [9.17, 15) is 0 Å². The monoisotopic (exact) mass is 429 g/mol. The number of hydrogen-bond donors (Lipinski definition) is 0. The SMILES string of the molecule is COc1nc2ccccc2nc1-c1cccc(/C=C/CC(C)(C)Cc2csc(C)n2)c1. The van der Waals surface area contributed by atoms with E-state index < -0.39 is 0 Å². The maximum absolute atomic E-state index is 5.54. The van der Waals surface area contributed by atoms with E-state index in [0.29, 0.717) is 5.88 Å². The van der Waals surface area contributed by atoms with Crippen LogP contribution in [0.1, 0.15) is 36.5 Å². The van der Waals surface area contributed by atoms with Crippen molar-refractivity contribution in [2.75, 3.05) is 7.11 Å². The molecule has 0 bridgehead atoms. The van der Waals surface area contributed by atoms with E-state index in [-0.39, 0.29) is 5.41 Å². The maximum Gasteiger partial charge on any atom is 0.240 e. The molecule has 2 aromatic heterocycles. The standard InChI is InChI=1S/C26H27N3OS/c1-18-27-21(17-31-18)16-26(2,3)14-8-10-19-9-7-11-20(15-19)24-25(30-4)29-23-13-6-5-12-22(23)28-24/h5-13,15,17H,14,16H2,1-4H3/b10-8+. The Hall–Kier alpha value is -3.05. The van der Waals surface area contributed by atoms with Gasteiger partial charge in [0.2, 0.25) is 5.88 Å². The highest BCUT2D eigenvalue weighted by molar-refractivity contribution is 7.09. The van der Waals surface area contributed by atoms with Crippen LogP contribution >= 0.6 is 11.3 Å². The van der Waals surface area contributed by atoms with Gasteiger partial charge in [0.15, 0.2) is 0 Å². The van der Waals surface area contributed by atoms with Gasteiger partial charge in [0, 0.05) is 10.9 Å². The zero-order chi connectivity index (χ0) is 21.8. The lowest BCUT2D eigenvalue weighted by atomic mass is 9.84. The van der Waals surface area contributed by atoms with Gasteiger partial charge in [-0.15, -0.1) is 11.3 Å². The molecule has 0 fully saturated rings. The van der Waals surface area contributed by atoms with E-state index >= 15 is 0 Å². The molecule has 0 unspecified atom stereocenters. The molecule has 4 nitrogen and oxygen atoms in total. The van der Waals surface area contributed by atoms with Crippen LogP contribution in [-0.2, 0) is 6.42 Å². The number of methoxy groups -OCH3 is 1. The smallest absolute Gasteiger partial charge is 0.240 e. The number of thiazole rings is 1. The second-order valence-corrected chi connectivity index (χ2v) is 9.56. The van der Waals surface area contributed by atoms with Gasteiger partial charge >= 0.3 is 0 Å². The number of aryl methyl sites for hydroxylation is 1. The van der Waals surface area contributed by atoms with Crippen molar-refractivity contribution in [1.29, 1.82) is 0 Å². The van der Waals surface area contributed by atoms with Crippen molar-refractivity contribution in [3.05, 3.63) is 76.3 Å². The van der Waals surface area contributed by atoms with Crippen LogP contribution in [0.4, 0.5) is 0 Å². The molecule has 158 valence electrons. The fourth-order valence-corrected chi connectivity index (χ4v) is 4.28. The van der Waals surface area contributed by atoms with Gasteiger partial charge in [-0.1, -0.05) is 56.3 Å². The van der Waals surface area contributed by atoms with Crippen molar-refractivity contribution in [2.45, 2.75) is 33.6 Å². The molecule has 0 N–H and O–H groups in total. The Bertz CT molecular complexity index is 1230. The van der Waals surface area contributed by atoms with Gasteiger partial charge in [0.25, 0.3) is 0 Å². The van der Waals surface area contributed by atoms with Crippen molar-refractivity contribution in [1.82, 2.24) is 15.0 Å². The fourth-order valence-electron chi connectivity index (χ4n) is 3.67. The first-order valence-electron chi connectivity index (χ1n) is 10.4. The molecule has 0 aliphatic heterocycles. The Labute approximate surface area is 187 Å². The van der Waals surface area contributed by atoms with E-state index in [0.717, 1.165) is 45.7 Å². The van der Waals surface area contributed by atoms with E-state index in [4.69, 9.17) is 9.72 Å². The molecule has 0 aliphatic carbocycles. The van der Waals surface area contributed by atoms with Crippen molar-refractivity contribution in [3.8, 4) is 17.1 Å². The summed E-state index contributed by atoms with van der Waals surface area (Å²) in [4.78, 5) is 14.1. The molecule has 2 aromatic carbocycles. The number of benzene rings is 2. The van der Waals surface area contributed by atoms with Crippen molar-refractivity contribution in [3.63, 3.8) is 0 Å². The topological polar surface area (TPSA) is 47.9 Å². The Morgan fingerprint density at radius 3 is 2.48 bits per heavy atom. The van der Waals surface area contributed by atoms with Crippen LogP contribution in [0, 0.1) is 12.3 Å². The lowest BCUT2D eigenvalue weighted by Gasteiger charge is -2.21. The highest BCUT2D eigenvalue weighted by Gasteiger charge is 2.18. The number of allylic oxidation sites excluding steroid dienone is 1. The first kappa shape index (κ1) is 21.2. The Balaban J connectivity index is 1.54. The summed E-state index contributed by atoms with van der Waals surface area (Å²) in [5.41, 5.74) is 5.92. The summed E-state index contributed by atoms with van der Waals surface area (Å²) < 4.78 is 5.54. The molecule has 4 aromatic rings. The molecule has 0 saturated carbocycles. The predicted octanol–water partition coefficient (Wildman–Crippen LogP) is 6.74. The summed E-state index contributed by atoms with van der Waals surface area (Å²) in [7, 11) is 1.64. The number of nitrogens with zero attached hydrogens (tertiary/aromatic N) is 3. The van der Waals surface area contributed by atoms with Crippen molar-refractivity contribution >= 4 is 28.4 Å². The first-order valence-corrected chi connectivity index (χ1v) is 11.3. The van der Waals surface area contributed by atoms with Crippen LogP contribution in [0.5, 0.6) is 5.88 Å². The summed E-state index contributed by atoms with van der Waals surface area (Å²) in [5.74, 6) is 0.541. The molecule has 2 heterocycles. The van der Waals surface area contributed by atoms with Gasteiger partial charge in [-0.3, -0.25) is 0 Å². The zero-order valence-electron chi connectivity index (χ0n) is 18.4. The Morgan fingerprint density at radius 2 is 1.77 bits per heavy atom. The molecule has 4 rings (SSSR count). The summed E-state index contributed by atoms with van der Waals surface area (Å²) >= 11 is 1.72. The van der Waals surface area contributed by atoms with E-state index in [1.54, 1.807) is 18.4 Å². The number of para-hydroxylation sites is 2. The summed E-state index contributed by atoms with van der Waals surface area (Å²) in [5, 5.41) is 3.30. The number of ether oxygens (including phenoxy) is 1. The van der Waals surface area contributed by atoms with E-state index in [1.165, 1.54) is 5.69 Å². The molecular weight excluding hydrogens is 402 g/mol. The molecule has 0 amide bonds. The van der Waals surface area contributed by atoms with Crippen LogP contribution in [0.3, 0.4) is 0 Å². The van der Waals surface area contributed by atoms with Gasteiger partial charge in [-0.05, 0) is 48.9 Å². The molecule has 31 heavy (non-hydrogen) atoms. The summed E-state index contributed by atoms with van der Waals surface area (Å²) in [6.07, 6.45) is 6.39. The lowest BCUT2D eigenvalue weighted by Crippen LogP contribution is -2.14. The molecule has 0 radical (unpaired) electrons. The normalized spacial score (nSPS) is 12.0. The third-order valence-corrected chi connectivity index (χ3v) is 6.02. The van der Waals surface area contributed by atoms with Gasteiger partial charge in [-0.2, -0.15) is 0 Å². The van der Waals surface area contributed by atoms with E-state index in [2.05, 4.69) is 66.5 Å². The minimum atomic E-state index is 0.154. The van der Waals surface area contributed by atoms with Gasteiger partial charge in [0.1, 0.15) is 5.69 Å². The first-order chi connectivity index (χ1) is 14.9. The van der Waals surface area contributed by atoms with Crippen LogP contribution in [0.2, 0.25) is 0 Å². The van der Waals surface area contributed by atoms with Crippen molar-refractivity contribution < 1.29 is 4.74 Å². The number of hydrogen-bond acceptors (Lipinski definition) is 5. The third-order valence-electron chi connectivity index (χ3n) is 5.20. The Kier molecular flexibility index (Phi) is 6.14. The molecule has 5 heteroatoms.